The number of nitrogens with zero attached hydrogens (tertiary/aromatic N) is 2. The molecule has 0 aliphatic rings. The quantitative estimate of drug-likeness (QED) is 0.806. The third-order valence-corrected chi connectivity index (χ3v) is 4.19. The van der Waals surface area contributed by atoms with Gasteiger partial charge in [-0.1, -0.05) is 19.1 Å². The van der Waals surface area contributed by atoms with Gasteiger partial charge in [-0.15, -0.1) is 0 Å². The molecule has 0 aliphatic heterocycles. The molecule has 1 aromatic carbocycles. The van der Waals surface area contributed by atoms with Crippen LogP contribution in [0.25, 0.3) is 0 Å². The lowest BCUT2D eigenvalue weighted by Crippen LogP contribution is -2.07. The van der Waals surface area contributed by atoms with Gasteiger partial charge in [-0.3, -0.25) is 0 Å². The third-order valence-electron chi connectivity index (χ3n) is 3.06. The second-order valence-corrected chi connectivity index (χ2v) is 5.46. The maximum Gasteiger partial charge on any atom is 0.143 e. The topological polar surface area (TPSA) is 47.0 Å². The van der Waals surface area contributed by atoms with Crippen molar-refractivity contribution in [3.05, 3.63) is 44.9 Å². The van der Waals surface area contributed by atoms with Gasteiger partial charge in [0.1, 0.15) is 17.4 Å². The fourth-order valence-electron chi connectivity index (χ4n) is 1.95. The first kappa shape index (κ1) is 15.0. The maximum absolute atomic E-state index is 5.17. The summed E-state index contributed by atoms with van der Waals surface area (Å²) in [6.45, 7) is 2.11. The zero-order valence-electron chi connectivity index (χ0n) is 11.9. The Morgan fingerprint density at radius 1 is 1.20 bits per heavy atom. The zero-order chi connectivity index (χ0) is 14.5. The van der Waals surface area contributed by atoms with Gasteiger partial charge in [0.05, 0.1) is 16.4 Å². The molecule has 2 rings (SSSR count). The van der Waals surface area contributed by atoms with Crippen molar-refractivity contribution >= 4 is 28.4 Å². The number of nitrogens with one attached hydrogen (secondary N) is 1. The van der Waals surface area contributed by atoms with E-state index in [-0.39, 0.29) is 0 Å². The van der Waals surface area contributed by atoms with Gasteiger partial charge >= 0.3 is 0 Å². The molecular formula is C15H18IN3O. The summed E-state index contributed by atoms with van der Waals surface area (Å²) in [7, 11) is 3.56. The molecule has 2 aromatic rings. The number of methoxy groups -OCH3 is 1. The van der Waals surface area contributed by atoms with Crippen LogP contribution in [0.4, 0.5) is 5.82 Å². The molecule has 0 radical (unpaired) electrons. The highest BCUT2D eigenvalue weighted by Gasteiger charge is 2.10. The monoisotopic (exact) mass is 383 g/mol. The van der Waals surface area contributed by atoms with E-state index in [2.05, 4.69) is 44.8 Å². The molecule has 0 aliphatic carbocycles. The van der Waals surface area contributed by atoms with Crippen molar-refractivity contribution in [1.82, 2.24) is 9.97 Å². The van der Waals surface area contributed by atoms with Crippen LogP contribution in [0.2, 0.25) is 0 Å². The summed E-state index contributed by atoms with van der Waals surface area (Å²) in [5.41, 5.74) is 2.27. The van der Waals surface area contributed by atoms with Gasteiger partial charge in [-0.05, 0) is 46.7 Å². The van der Waals surface area contributed by atoms with E-state index in [0.29, 0.717) is 0 Å². The van der Waals surface area contributed by atoms with Gasteiger partial charge in [0, 0.05) is 13.5 Å². The van der Waals surface area contributed by atoms with Crippen molar-refractivity contribution in [2.75, 3.05) is 19.5 Å². The molecule has 5 heteroatoms. The van der Waals surface area contributed by atoms with Crippen LogP contribution in [-0.2, 0) is 12.8 Å². The van der Waals surface area contributed by atoms with E-state index in [1.807, 2.05) is 31.3 Å². The van der Waals surface area contributed by atoms with E-state index < -0.39 is 0 Å². The zero-order valence-corrected chi connectivity index (χ0v) is 14.1. The van der Waals surface area contributed by atoms with E-state index in [0.717, 1.165) is 39.5 Å². The Morgan fingerprint density at radius 2 is 1.90 bits per heavy atom. The molecule has 0 fully saturated rings. The summed E-state index contributed by atoms with van der Waals surface area (Å²) in [5, 5.41) is 3.14. The Morgan fingerprint density at radius 3 is 2.45 bits per heavy atom. The number of hydrogen-bond acceptors (Lipinski definition) is 4. The smallest absolute Gasteiger partial charge is 0.143 e. The van der Waals surface area contributed by atoms with Crippen LogP contribution >= 0.6 is 22.6 Å². The Hall–Kier alpha value is -1.37. The van der Waals surface area contributed by atoms with Crippen LogP contribution in [-0.4, -0.2) is 24.1 Å². The number of halogens is 1. The van der Waals surface area contributed by atoms with E-state index in [4.69, 9.17) is 4.74 Å². The number of aromatic nitrogens is 2. The van der Waals surface area contributed by atoms with E-state index >= 15 is 0 Å². The standard InChI is InChI=1S/C15H18IN3O/c1-4-12-14(16)15(17-2)19-13(18-12)9-10-5-7-11(20-3)8-6-10/h5-8H,4,9H2,1-3H3,(H,17,18,19). The number of ether oxygens (including phenoxy) is 1. The summed E-state index contributed by atoms with van der Waals surface area (Å²) in [6, 6.07) is 8.01. The average molecular weight is 383 g/mol. The molecule has 0 unspecified atom stereocenters. The summed E-state index contributed by atoms with van der Waals surface area (Å²) in [4.78, 5) is 9.22. The third kappa shape index (κ3) is 3.39. The first-order valence-electron chi connectivity index (χ1n) is 6.53. The fraction of sp³-hybridized carbons (Fsp3) is 0.333. The maximum atomic E-state index is 5.17. The van der Waals surface area contributed by atoms with Crippen molar-refractivity contribution < 1.29 is 4.74 Å². The van der Waals surface area contributed by atoms with E-state index in [1.54, 1.807) is 7.11 Å². The molecule has 106 valence electrons. The molecule has 0 atom stereocenters. The van der Waals surface area contributed by atoms with Crippen molar-refractivity contribution in [1.29, 1.82) is 0 Å². The van der Waals surface area contributed by atoms with Gasteiger partial charge in [0.2, 0.25) is 0 Å². The molecule has 0 spiro atoms. The van der Waals surface area contributed by atoms with Crippen LogP contribution in [0, 0.1) is 3.57 Å². The number of benzene rings is 1. The highest BCUT2D eigenvalue weighted by molar-refractivity contribution is 14.1. The molecule has 4 nitrogen and oxygen atoms in total. The van der Waals surface area contributed by atoms with Crippen molar-refractivity contribution in [3.63, 3.8) is 0 Å². The number of rotatable bonds is 5. The van der Waals surface area contributed by atoms with Crippen molar-refractivity contribution in [2.45, 2.75) is 19.8 Å². The number of hydrogen-bond donors (Lipinski definition) is 1. The van der Waals surface area contributed by atoms with Crippen LogP contribution in [0.3, 0.4) is 0 Å². The van der Waals surface area contributed by atoms with Gasteiger partial charge in [0.25, 0.3) is 0 Å². The average Bonchev–Trinajstić information content (AvgIpc) is 2.49. The van der Waals surface area contributed by atoms with Gasteiger partial charge in [-0.25, -0.2) is 9.97 Å². The molecular weight excluding hydrogens is 365 g/mol. The minimum absolute atomic E-state index is 0.725. The van der Waals surface area contributed by atoms with Crippen molar-refractivity contribution in [2.24, 2.45) is 0 Å². The van der Waals surface area contributed by atoms with E-state index in [1.165, 1.54) is 5.56 Å². The Bertz CT molecular complexity index is 559. The van der Waals surface area contributed by atoms with Crippen molar-refractivity contribution in [3.8, 4) is 5.75 Å². The first-order chi connectivity index (χ1) is 9.67. The summed E-state index contributed by atoms with van der Waals surface area (Å²) >= 11 is 2.29. The van der Waals surface area contributed by atoms with E-state index in [9.17, 15) is 0 Å². The minimum Gasteiger partial charge on any atom is -0.497 e. The predicted octanol–water partition coefficient (Wildman–Crippen LogP) is 3.28. The molecule has 0 bridgehead atoms. The van der Waals surface area contributed by atoms with Gasteiger partial charge in [-0.2, -0.15) is 0 Å². The lowest BCUT2D eigenvalue weighted by atomic mass is 10.1. The fourth-order valence-corrected chi connectivity index (χ4v) is 2.84. The van der Waals surface area contributed by atoms with Crippen LogP contribution in [0.5, 0.6) is 5.75 Å². The number of anilines is 1. The SMILES string of the molecule is CCc1nc(Cc2ccc(OC)cc2)nc(NC)c1I. The molecule has 0 saturated heterocycles. The Kier molecular flexibility index (Phi) is 5.17. The van der Waals surface area contributed by atoms with Crippen LogP contribution < -0.4 is 10.1 Å². The summed E-state index contributed by atoms with van der Waals surface area (Å²) < 4.78 is 6.27. The minimum atomic E-state index is 0.725. The lowest BCUT2D eigenvalue weighted by molar-refractivity contribution is 0.414. The molecule has 1 heterocycles. The van der Waals surface area contributed by atoms with Crippen LogP contribution in [0.15, 0.2) is 24.3 Å². The molecule has 1 aromatic heterocycles. The predicted molar refractivity (Wildman–Crippen MR) is 89.5 cm³/mol. The Balaban J connectivity index is 2.27. The second-order valence-electron chi connectivity index (χ2n) is 4.38. The normalized spacial score (nSPS) is 10.4. The molecule has 20 heavy (non-hydrogen) atoms. The summed E-state index contributed by atoms with van der Waals surface area (Å²) in [5.74, 6) is 2.61. The summed E-state index contributed by atoms with van der Waals surface area (Å²) in [6.07, 6.45) is 1.63. The highest BCUT2D eigenvalue weighted by Crippen LogP contribution is 2.21. The lowest BCUT2D eigenvalue weighted by Gasteiger charge is -2.10. The molecule has 1 N–H and O–H groups in total. The van der Waals surface area contributed by atoms with Gasteiger partial charge < -0.3 is 10.1 Å². The van der Waals surface area contributed by atoms with Gasteiger partial charge in [0.15, 0.2) is 0 Å². The van der Waals surface area contributed by atoms with Crippen LogP contribution in [0.1, 0.15) is 24.0 Å². The highest BCUT2D eigenvalue weighted by atomic mass is 127. The molecule has 0 saturated carbocycles. The first-order valence-corrected chi connectivity index (χ1v) is 7.61. The molecule has 0 amide bonds. The number of aryl methyl sites for hydroxylation is 1. The second kappa shape index (κ2) is 6.88. The Labute approximate surface area is 133 Å². The largest absolute Gasteiger partial charge is 0.497 e.